The van der Waals surface area contributed by atoms with Gasteiger partial charge in [0.05, 0.1) is 9.71 Å². The van der Waals surface area contributed by atoms with Gasteiger partial charge in [-0.1, -0.05) is 69.9 Å². The zero-order valence-electron chi connectivity index (χ0n) is 20.1. The summed E-state index contributed by atoms with van der Waals surface area (Å²) in [6.07, 6.45) is 14.4. The summed E-state index contributed by atoms with van der Waals surface area (Å²) in [5.41, 5.74) is 2.67. The molecule has 0 amide bonds. The largest absolute Gasteiger partial charge is 0.297 e. The Bertz CT molecular complexity index is 863. The zero-order valence-corrected chi connectivity index (χ0v) is 20.9. The highest BCUT2D eigenvalue weighted by molar-refractivity contribution is 7.98. The second-order valence-electron chi connectivity index (χ2n) is 9.49. The standard InChI is InChI=1S/C27H42N2OS/c1-6-10-25(11-7-2)27-21-29(19-18-28(27)4)31(5,30)26-16-14-24(15-17-26)22(3)20-23-12-8-9-13-23/h6,10-11,14-17,22-23,27H,5,7-9,12-13,18-21H2,1-4H3/b10-6-,25-11+. The Balaban J connectivity index is 1.73. The number of likely N-dealkylation sites (N-methyl/N-ethyl adjacent to an activating group) is 1. The van der Waals surface area contributed by atoms with E-state index in [1.807, 2.05) is 0 Å². The predicted octanol–water partition coefficient (Wildman–Crippen LogP) is 5.89. The molecule has 3 atom stereocenters. The van der Waals surface area contributed by atoms with Crippen molar-refractivity contribution >= 4 is 15.6 Å². The normalized spacial score (nSPS) is 25.2. The van der Waals surface area contributed by atoms with Gasteiger partial charge in [0.1, 0.15) is 0 Å². The van der Waals surface area contributed by atoms with Gasteiger partial charge in [0.2, 0.25) is 0 Å². The van der Waals surface area contributed by atoms with Crippen molar-refractivity contribution < 1.29 is 4.21 Å². The Morgan fingerprint density at radius 2 is 1.90 bits per heavy atom. The predicted molar refractivity (Wildman–Crippen MR) is 136 cm³/mol. The van der Waals surface area contributed by atoms with Gasteiger partial charge in [-0.05, 0) is 67.8 Å². The number of allylic oxidation sites excluding steroid dienone is 2. The summed E-state index contributed by atoms with van der Waals surface area (Å²) in [5, 5.41) is 0. The molecule has 1 saturated carbocycles. The van der Waals surface area contributed by atoms with Crippen LogP contribution in [0.15, 0.2) is 53.0 Å². The van der Waals surface area contributed by atoms with Gasteiger partial charge in [-0.15, -0.1) is 0 Å². The Hall–Kier alpha value is -1.36. The zero-order chi connectivity index (χ0) is 22.4. The minimum absolute atomic E-state index is 0.248. The molecular formula is C27H42N2OS. The van der Waals surface area contributed by atoms with Crippen molar-refractivity contribution in [2.24, 2.45) is 5.92 Å². The lowest BCUT2D eigenvalue weighted by Gasteiger charge is -2.41. The molecule has 2 fully saturated rings. The van der Waals surface area contributed by atoms with Crippen LogP contribution >= 0.6 is 0 Å². The molecule has 1 aromatic rings. The lowest BCUT2D eigenvalue weighted by Crippen LogP contribution is -2.53. The lowest BCUT2D eigenvalue weighted by molar-refractivity contribution is 0.176. The third-order valence-corrected chi connectivity index (χ3v) is 9.37. The fourth-order valence-corrected chi connectivity index (χ4v) is 6.88. The van der Waals surface area contributed by atoms with E-state index in [9.17, 15) is 4.21 Å². The maximum atomic E-state index is 13.9. The maximum Gasteiger partial charge on any atom is 0.0559 e. The van der Waals surface area contributed by atoms with Gasteiger partial charge in [0.15, 0.2) is 0 Å². The molecular weight excluding hydrogens is 400 g/mol. The SMILES string of the molecule is C=S(=O)(c1ccc(C(C)CC2CCCC2)cc1)N1CCN(C)C(C(/C=C\C)=C/CC)C1. The topological polar surface area (TPSA) is 23.6 Å². The van der Waals surface area contributed by atoms with Gasteiger partial charge in [0.25, 0.3) is 0 Å². The van der Waals surface area contributed by atoms with E-state index in [4.69, 9.17) is 0 Å². The summed E-state index contributed by atoms with van der Waals surface area (Å²) in [4.78, 5) is 3.24. The summed E-state index contributed by atoms with van der Waals surface area (Å²) in [6, 6.07) is 8.76. The summed E-state index contributed by atoms with van der Waals surface area (Å²) in [7, 11) is -0.324. The van der Waals surface area contributed by atoms with E-state index in [0.717, 1.165) is 36.9 Å². The van der Waals surface area contributed by atoms with Crippen LogP contribution in [-0.2, 0) is 9.71 Å². The van der Waals surface area contributed by atoms with E-state index >= 15 is 0 Å². The van der Waals surface area contributed by atoms with Crippen molar-refractivity contribution in [1.29, 1.82) is 0 Å². The summed E-state index contributed by atoms with van der Waals surface area (Å²) >= 11 is 0. The van der Waals surface area contributed by atoms with Gasteiger partial charge < -0.3 is 0 Å². The van der Waals surface area contributed by atoms with E-state index < -0.39 is 9.71 Å². The molecule has 0 N–H and O–H groups in total. The van der Waals surface area contributed by atoms with Crippen LogP contribution < -0.4 is 0 Å². The van der Waals surface area contributed by atoms with Crippen LogP contribution in [-0.4, -0.2) is 52.0 Å². The first kappa shape index (κ1) is 24.3. The first-order valence-electron chi connectivity index (χ1n) is 12.1. The highest BCUT2D eigenvalue weighted by Gasteiger charge is 2.31. The van der Waals surface area contributed by atoms with Gasteiger partial charge in [-0.25, -0.2) is 8.51 Å². The van der Waals surface area contributed by atoms with Crippen molar-refractivity contribution in [1.82, 2.24) is 9.21 Å². The number of rotatable bonds is 8. The highest BCUT2D eigenvalue weighted by Crippen LogP contribution is 2.34. The molecule has 2 aliphatic rings. The average molecular weight is 443 g/mol. The number of nitrogens with zero attached hydrogens (tertiary/aromatic N) is 2. The quantitative estimate of drug-likeness (QED) is 0.370. The number of hydrogen-bond donors (Lipinski definition) is 0. The fourth-order valence-electron chi connectivity index (χ4n) is 5.26. The van der Waals surface area contributed by atoms with Gasteiger partial charge in [-0.2, -0.15) is 0 Å². The summed E-state index contributed by atoms with van der Waals surface area (Å²) < 4.78 is 16.0. The molecule has 3 nitrogen and oxygen atoms in total. The Kier molecular flexibility index (Phi) is 8.60. The summed E-state index contributed by atoms with van der Waals surface area (Å²) in [6.45, 7) is 8.99. The van der Waals surface area contributed by atoms with E-state index in [-0.39, 0.29) is 6.04 Å². The number of piperazine rings is 1. The van der Waals surface area contributed by atoms with E-state index in [2.05, 4.69) is 85.4 Å². The first-order valence-corrected chi connectivity index (χ1v) is 13.8. The van der Waals surface area contributed by atoms with Crippen LogP contribution in [0.25, 0.3) is 0 Å². The van der Waals surface area contributed by atoms with Gasteiger partial charge in [0, 0.05) is 30.6 Å². The lowest BCUT2D eigenvalue weighted by atomic mass is 9.89. The molecule has 1 aliphatic heterocycles. The molecule has 4 heteroatoms. The second-order valence-corrected chi connectivity index (χ2v) is 11.8. The molecule has 1 aromatic carbocycles. The third-order valence-electron chi connectivity index (χ3n) is 7.19. The van der Waals surface area contributed by atoms with Crippen molar-refractivity contribution in [3.63, 3.8) is 0 Å². The van der Waals surface area contributed by atoms with Gasteiger partial charge >= 0.3 is 0 Å². The van der Waals surface area contributed by atoms with Crippen LogP contribution in [0.4, 0.5) is 0 Å². The van der Waals surface area contributed by atoms with Crippen LogP contribution in [0.3, 0.4) is 0 Å². The fraction of sp³-hybridized carbons (Fsp3) is 0.593. The molecule has 0 aromatic heterocycles. The molecule has 1 saturated heterocycles. The van der Waals surface area contributed by atoms with Gasteiger partial charge in [-0.3, -0.25) is 4.90 Å². The highest BCUT2D eigenvalue weighted by atomic mass is 32.2. The van der Waals surface area contributed by atoms with Crippen LogP contribution in [0.1, 0.15) is 70.8 Å². The van der Waals surface area contributed by atoms with E-state index in [0.29, 0.717) is 5.92 Å². The molecule has 0 bridgehead atoms. The summed E-state index contributed by atoms with van der Waals surface area (Å²) in [5.74, 6) is 5.68. The van der Waals surface area contributed by atoms with Crippen molar-refractivity contribution in [2.75, 3.05) is 26.7 Å². The monoisotopic (exact) mass is 442 g/mol. The minimum atomic E-state index is -2.49. The molecule has 1 heterocycles. The van der Waals surface area contributed by atoms with Crippen molar-refractivity contribution in [3.8, 4) is 0 Å². The number of hydrogen-bond acceptors (Lipinski definition) is 2. The van der Waals surface area contributed by atoms with Crippen LogP contribution in [0, 0.1) is 5.92 Å². The van der Waals surface area contributed by atoms with Crippen LogP contribution in [0.2, 0.25) is 0 Å². The maximum absolute atomic E-state index is 13.9. The smallest absolute Gasteiger partial charge is 0.0559 e. The second kappa shape index (κ2) is 11.0. The Morgan fingerprint density at radius 3 is 2.52 bits per heavy atom. The molecule has 31 heavy (non-hydrogen) atoms. The molecule has 0 spiro atoms. The molecule has 172 valence electrons. The first-order chi connectivity index (χ1) is 14.9. The molecule has 1 aliphatic carbocycles. The van der Waals surface area contributed by atoms with Crippen molar-refractivity contribution in [3.05, 3.63) is 53.6 Å². The average Bonchev–Trinajstić information content (AvgIpc) is 3.27. The van der Waals surface area contributed by atoms with Crippen LogP contribution in [0.5, 0.6) is 0 Å². The molecule has 0 radical (unpaired) electrons. The van der Waals surface area contributed by atoms with E-state index in [1.54, 1.807) is 0 Å². The molecule has 3 unspecified atom stereocenters. The third kappa shape index (κ3) is 5.91. The van der Waals surface area contributed by atoms with E-state index in [1.165, 1.54) is 43.2 Å². The number of benzene rings is 1. The minimum Gasteiger partial charge on any atom is -0.297 e. The van der Waals surface area contributed by atoms with Crippen molar-refractivity contribution in [2.45, 2.75) is 76.2 Å². The molecule has 3 rings (SSSR count). The Morgan fingerprint density at radius 1 is 1.23 bits per heavy atom. The Labute approximate surface area is 191 Å².